The number of hydrogen-bond acceptors (Lipinski definition) is 6. The van der Waals surface area contributed by atoms with Crippen LogP contribution in [-0.4, -0.2) is 28.5 Å². The van der Waals surface area contributed by atoms with Gasteiger partial charge in [0.15, 0.2) is 0 Å². The Morgan fingerprint density at radius 2 is 0.824 bits per heavy atom. The standard InChI is InChI=1S/C18H21ClN2O.C18H22N2O2.C18H15P.CCl4/c1-18(2,3)17(19)21-20-15-12-14(10-11-16(15)22-4)13-8-6-5-7-9-13;1-18(2,3)17(21)20-19-15-12-14(10-11-16(15)22-4)13-8-6-5-7-9-13;1-4-10-16(11-5-1)19(17-12-6-2-7-13-17)18-14-8-3-9-15-18;2-1(3,4)5/h5-12,20H,1-4H3;5-12,19H,1-4H3,(H,20,21);1-15H;/b21-17+;;;. The van der Waals surface area contributed by atoms with Gasteiger partial charge in [-0.05, 0) is 70.4 Å². The monoisotopic (exact) mass is 1030 g/mol. The van der Waals surface area contributed by atoms with Gasteiger partial charge < -0.3 is 9.47 Å². The summed E-state index contributed by atoms with van der Waals surface area (Å²) in [6.45, 7) is 11.6. The predicted molar refractivity (Wildman–Crippen MR) is 296 cm³/mol. The highest BCUT2D eigenvalue weighted by Crippen LogP contribution is 2.34. The number of amides is 1. The highest BCUT2D eigenvalue weighted by molar-refractivity contribution is 7.79. The molecule has 0 atom stereocenters. The molecule has 0 spiro atoms. The Kier molecular flexibility index (Phi) is 22.0. The second-order valence-electron chi connectivity index (χ2n) is 16.9. The highest BCUT2D eigenvalue weighted by Gasteiger charge is 2.22. The summed E-state index contributed by atoms with van der Waals surface area (Å²) in [5, 5.41) is 8.97. The van der Waals surface area contributed by atoms with E-state index in [1.807, 2.05) is 126 Å². The number of benzene rings is 7. The number of hydrazine groups is 1. The molecule has 0 aliphatic carbocycles. The number of nitrogens with zero attached hydrogens (tertiary/aromatic N) is 1. The number of carbonyl (C=O) groups is 1. The van der Waals surface area contributed by atoms with E-state index >= 15 is 0 Å². The lowest BCUT2D eigenvalue weighted by Gasteiger charge is -2.20. The topological polar surface area (TPSA) is 84.0 Å². The van der Waals surface area contributed by atoms with E-state index < -0.39 is 16.6 Å². The molecule has 68 heavy (non-hydrogen) atoms. The van der Waals surface area contributed by atoms with Crippen LogP contribution in [0.3, 0.4) is 0 Å². The first kappa shape index (κ1) is 55.4. The molecule has 7 nitrogen and oxygen atoms in total. The van der Waals surface area contributed by atoms with Crippen molar-refractivity contribution in [3.8, 4) is 33.8 Å². The number of hydrazone groups is 1. The van der Waals surface area contributed by atoms with Gasteiger partial charge in [0.05, 0.1) is 25.6 Å². The van der Waals surface area contributed by atoms with E-state index in [1.54, 1.807) is 14.2 Å². The van der Waals surface area contributed by atoms with Gasteiger partial charge in [-0.1, -0.05) is 263 Å². The van der Waals surface area contributed by atoms with E-state index in [1.165, 1.54) is 15.9 Å². The summed E-state index contributed by atoms with van der Waals surface area (Å²) in [4.78, 5) is 12.0. The smallest absolute Gasteiger partial charge is 0.266 e. The molecule has 356 valence electrons. The van der Waals surface area contributed by atoms with Gasteiger partial charge in [-0.25, -0.2) is 0 Å². The van der Waals surface area contributed by atoms with E-state index in [-0.39, 0.29) is 11.3 Å². The summed E-state index contributed by atoms with van der Waals surface area (Å²) >= 11 is 25.5. The van der Waals surface area contributed by atoms with E-state index in [0.29, 0.717) is 10.9 Å². The summed E-state index contributed by atoms with van der Waals surface area (Å²) in [7, 11) is 2.80. The summed E-state index contributed by atoms with van der Waals surface area (Å²) in [5.74, 6) is 1.32. The first-order chi connectivity index (χ1) is 32.3. The Bertz CT molecular complexity index is 2510. The van der Waals surface area contributed by atoms with E-state index in [9.17, 15) is 4.79 Å². The summed E-state index contributed by atoms with van der Waals surface area (Å²) in [5.41, 5.74) is 13.9. The van der Waals surface area contributed by atoms with Crippen molar-refractivity contribution >= 4 is 104 Å². The number of carbonyl (C=O) groups excluding carboxylic acids is 1. The fourth-order valence-corrected chi connectivity index (χ4v) is 8.34. The number of rotatable bonds is 11. The van der Waals surface area contributed by atoms with Crippen molar-refractivity contribution in [1.82, 2.24) is 5.43 Å². The van der Waals surface area contributed by atoms with Crippen molar-refractivity contribution < 1.29 is 14.3 Å². The lowest BCUT2D eigenvalue weighted by Crippen LogP contribution is -2.38. The van der Waals surface area contributed by atoms with Gasteiger partial charge >= 0.3 is 0 Å². The zero-order valence-electron chi connectivity index (χ0n) is 39.4. The normalized spacial score (nSPS) is 11.3. The van der Waals surface area contributed by atoms with Crippen LogP contribution in [0.15, 0.2) is 193 Å². The lowest BCUT2D eigenvalue weighted by atomic mass is 9.96. The number of nitrogens with one attached hydrogen (secondary N) is 3. The fourth-order valence-electron chi connectivity index (χ4n) is 5.99. The van der Waals surface area contributed by atoms with E-state index in [4.69, 9.17) is 67.5 Å². The Morgan fingerprint density at radius 3 is 1.16 bits per heavy atom. The first-order valence-electron chi connectivity index (χ1n) is 21.5. The van der Waals surface area contributed by atoms with Gasteiger partial charge in [0.2, 0.25) is 5.91 Å². The molecule has 7 rings (SSSR count). The third-order valence-electron chi connectivity index (χ3n) is 9.54. The molecule has 1 amide bonds. The van der Waals surface area contributed by atoms with Gasteiger partial charge in [-0.15, -0.1) is 0 Å². The predicted octanol–water partition coefficient (Wildman–Crippen LogP) is 15.2. The quantitative estimate of drug-likeness (QED) is 0.0520. The van der Waals surface area contributed by atoms with E-state index in [0.717, 1.165) is 39.4 Å². The van der Waals surface area contributed by atoms with Crippen molar-refractivity contribution in [3.05, 3.63) is 188 Å². The van der Waals surface area contributed by atoms with Crippen LogP contribution in [0.1, 0.15) is 41.5 Å². The van der Waals surface area contributed by atoms with Gasteiger partial charge in [0, 0.05) is 10.8 Å². The molecule has 0 bridgehead atoms. The zero-order valence-corrected chi connectivity index (χ0v) is 44.1. The summed E-state index contributed by atoms with van der Waals surface area (Å²) < 4.78 is 9.11. The van der Waals surface area contributed by atoms with Crippen LogP contribution in [0.4, 0.5) is 11.4 Å². The average molecular weight is 1030 g/mol. The number of ether oxygens (including phenoxy) is 2. The van der Waals surface area contributed by atoms with Crippen molar-refractivity contribution in [2.75, 3.05) is 25.1 Å². The van der Waals surface area contributed by atoms with Crippen molar-refractivity contribution in [1.29, 1.82) is 0 Å². The molecule has 0 aromatic heterocycles. The largest absolute Gasteiger partial charge is 0.495 e. The second-order valence-corrected chi connectivity index (χ2v) is 22.9. The number of alkyl halides is 4. The molecule has 3 N–H and O–H groups in total. The number of hydrogen-bond donors (Lipinski definition) is 3. The zero-order chi connectivity index (χ0) is 49.7. The number of anilines is 2. The molecule has 0 unspecified atom stereocenters. The molecular formula is C55H58Cl5N4O3P. The minimum absolute atomic E-state index is 0.0836. The summed E-state index contributed by atoms with van der Waals surface area (Å²) in [6, 6.07) is 64.3. The third-order valence-corrected chi connectivity index (χ3v) is 12.6. The van der Waals surface area contributed by atoms with E-state index in [2.05, 4.69) is 125 Å². The van der Waals surface area contributed by atoms with Gasteiger partial charge in [-0.2, -0.15) is 5.10 Å². The van der Waals surface area contributed by atoms with Crippen LogP contribution in [0.5, 0.6) is 11.5 Å². The molecule has 0 fully saturated rings. The Labute approximate surface area is 428 Å². The van der Waals surface area contributed by atoms with Crippen LogP contribution < -0.4 is 41.7 Å². The van der Waals surface area contributed by atoms with Crippen molar-refractivity contribution in [2.45, 2.75) is 44.8 Å². The minimum Gasteiger partial charge on any atom is -0.495 e. The average Bonchev–Trinajstić information content (AvgIpc) is 3.33. The molecule has 7 aromatic carbocycles. The Hall–Kier alpha value is -5.24. The molecule has 0 saturated heterocycles. The molecule has 7 aromatic rings. The Balaban J connectivity index is 0.000000212. The van der Waals surface area contributed by atoms with Crippen LogP contribution in [-0.2, 0) is 4.79 Å². The van der Waals surface area contributed by atoms with Crippen LogP contribution in [0.25, 0.3) is 22.3 Å². The molecule has 0 saturated carbocycles. The fraction of sp³-hybridized carbons (Fsp3) is 0.200. The highest BCUT2D eigenvalue weighted by atomic mass is 35.6. The second kappa shape index (κ2) is 27.1. The SMILES string of the molecule is COc1ccc(-c2ccccc2)cc1N/N=C(/Cl)C(C)(C)C.COc1ccc(-c2ccccc2)cc1NNC(=O)C(C)(C)C.ClC(Cl)(Cl)Cl.c1ccc(P(c2ccccc2)c2ccccc2)cc1. The molecule has 0 aliphatic rings. The number of methoxy groups -OCH3 is 2. The maximum Gasteiger partial charge on any atom is 0.266 e. The van der Waals surface area contributed by atoms with Crippen molar-refractivity contribution in [3.63, 3.8) is 0 Å². The van der Waals surface area contributed by atoms with Gasteiger partial charge in [0.1, 0.15) is 16.7 Å². The van der Waals surface area contributed by atoms with Crippen molar-refractivity contribution in [2.24, 2.45) is 15.9 Å². The molecular weight excluding hydrogens is 973 g/mol. The number of halogens is 5. The lowest BCUT2D eigenvalue weighted by molar-refractivity contribution is -0.127. The maximum atomic E-state index is 12.0. The molecule has 0 aliphatic heterocycles. The first-order valence-corrected chi connectivity index (χ1v) is 24.8. The molecule has 0 radical (unpaired) electrons. The van der Waals surface area contributed by atoms with Crippen LogP contribution in [0.2, 0.25) is 0 Å². The van der Waals surface area contributed by atoms with Crippen LogP contribution in [0, 0.1) is 10.8 Å². The Morgan fingerprint density at radius 1 is 0.485 bits per heavy atom. The van der Waals surface area contributed by atoms with Crippen LogP contribution >= 0.6 is 65.9 Å². The third kappa shape index (κ3) is 19.0. The van der Waals surface area contributed by atoms with Gasteiger partial charge in [-0.3, -0.25) is 21.1 Å². The molecule has 13 heteroatoms. The minimum atomic E-state index is -1.61. The maximum absolute atomic E-state index is 12.0. The molecule has 0 heterocycles. The van der Waals surface area contributed by atoms with Gasteiger partial charge in [0.25, 0.3) is 3.25 Å². The summed E-state index contributed by atoms with van der Waals surface area (Å²) in [6.07, 6.45) is 0.